The molecule has 0 aliphatic rings. The van der Waals surface area contributed by atoms with E-state index in [9.17, 15) is 9.59 Å². The van der Waals surface area contributed by atoms with E-state index in [1.54, 1.807) is 24.3 Å². The van der Waals surface area contributed by atoms with Crippen molar-refractivity contribution in [2.75, 3.05) is 11.8 Å². The molecule has 0 amide bonds. The summed E-state index contributed by atoms with van der Waals surface area (Å²) in [5, 5.41) is 0. The lowest BCUT2D eigenvalue weighted by atomic mass is 10.0. The molecule has 0 aromatic heterocycles. The maximum Gasteiger partial charge on any atom is 0.178 e. The third-order valence-electron chi connectivity index (χ3n) is 1.77. The monoisotopic (exact) mass is 230 g/mol. The second-order valence-corrected chi connectivity index (χ2v) is 3.19. The number of ketones is 2. The highest BCUT2D eigenvalue weighted by Crippen LogP contribution is 2.11. The molecule has 4 heteroatoms. The molecule has 0 saturated carbocycles. The minimum Gasteiger partial charge on any atom is -0.293 e. The van der Waals surface area contributed by atoms with E-state index in [4.69, 9.17) is 23.2 Å². The topological polar surface area (TPSA) is 34.1 Å². The van der Waals surface area contributed by atoms with Crippen molar-refractivity contribution in [3.63, 3.8) is 0 Å². The van der Waals surface area contributed by atoms with Crippen LogP contribution in [0.3, 0.4) is 0 Å². The normalized spacial score (nSPS) is 9.86. The van der Waals surface area contributed by atoms with Crippen LogP contribution in [0.1, 0.15) is 20.7 Å². The van der Waals surface area contributed by atoms with Crippen LogP contribution < -0.4 is 0 Å². The van der Waals surface area contributed by atoms with E-state index in [1.165, 1.54) is 0 Å². The molecule has 0 aliphatic heterocycles. The van der Waals surface area contributed by atoms with Gasteiger partial charge < -0.3 is 0 Å². The number of rotatable bonds is 4. The van der Waals surface area contributed by atoms with Gasteiger partial charge in [-0.2, -0.15) is 0 Å². The molecular weight excluding hydrogens is 223 g/mol. The summed E-state index contributed by atoms with van der Waals surface area (Å²) in [6, 6.07) is 6.52. The summed E-state index contributed by atoms with van der Waals surface area (Å²) in [4.78, 5) is 22.7. The molecule has 0 aliphatic carbocycles. The van der Waals surface area contributed by atoms with Gasteiger partial charge in [0.1, 0.15) is 0 Å². The van der Waals surface area contributed by atoms with Crippen LogP contribution in [0.2, 0.25) is 0 Å². The molecule has 0 atom stereocenters. The van der Waals surface area contributed by atoms with Crippen molar-refractivity contribution in [3.8, 4) is 0 Å². The lowest BCUT2D eigenvalue weighted by Crippen LogP contribution is -2.10. The fourth-order valence-corrected chi connectivity index (χ4v) is 1.40. The van der Waals surface area contributed by atoms with Crippen molar-refractivity contribution in [1.29, 1.82) is 0 Å². The van der Waals surface area contributed by atoms with Gasteiger partial charge >= 0.3 is 0 Å². The number of halogens is 2. The van der Waals surface area contributed by atoms with Crippen molar-refractivity contribution >= 4 is 34.8 Å². The van der Waals surface area contributed by atoms with Crippen LogP contribution in [0.4, 0.5) is 0 Å². The second kappa shape index (κ2) is 5.13. The smallest absolute Gasteiger partial charge is 0.178 e. The van der Waals surface area contributed by atoms with E-state index >= 15 is 0 Å². The minimum atomic E-state index is -0.263. The SMILES string of the molecule is O=C(CCl)c1ccccc1C(=O)CCl. The molecule has 0 fully saturated rings. The molecule has 1 rings (SSSR count). The molecule has 2 nitrogen and oxygen atoms in total. The van der Waals surface area contributed by atoms with E-state index in [0.29, 0.717) is 11.1 Å². The van der Waals surface area contributed by atoms with Crippen LogP contribution in [0.25, 0.3) is 0 Å². The van der Waals surface area contributed by atoms with Gasteiger partial charge in [-0.05, 0) is 0 Å². The van der Waals surface area contributed by atoms with Crippen LogP contribution in [0.15, 0.2) is 24.3 Å². The van der Waals surface area contributed by atoms with Crippen LogP contribution >= 0.6 is 23.2 Å². The summed E-state index contributed by atoms with van der Waals surface area (Å²) in [5.41, 5.74) is 0.682. The Bertz CT molecular complexity index is 326. The quantitative estimate of drug-likeness (QED) is 0.589. The van der Waals surface area contributed by atoms with Crippen molar-refractivity contribution in [2.45, 2.75) is 0 Å². The molecule has 1 aromatic rings. The van der Waals surface area contributed by atoms with Gasteiger partial charge in [0, 0.05) is 11.1 Å². The van der Waals surface area contributed by atoms with E-state index in [0.717, 1.165) is 0 Å². The first-order chi connectivity index (χ1) is 6.70. The van der Waals surface area contributed by atoms with Crippen molar-refractivity contribution in [3.05, 3.63) is 35.4 Å². The Balaban J connectivity index is 3.15. The van der Waals surface area contributed by atoms with E-state index in [1.807, 2.05) is 0 Å². The summed E-state index contributed by atoms with van der Waals surface area (Å²) in [7, 11) is 0. The Hall–Kier alpha value is -0.860. The molecule has 0 heterocycles. The maximum absolute atomic E-state index is 11.3. The van der Waals surface area contributed by atoms with Crippen molar-refractivity contribution in [2.24, 2.45) is 0 Å². The highest BCUT2D eigenvalue weighted by atomic mass is 35.5. The van der Waals surface area contributed by atoms with Gasteiger partial charge in [-0.25, -0.2) is 0 Å². The van der Waals surface area contributed by atoms with Crippen LogP contribution in [0, 0.1) is 0 Å². The molecule has 0 N–H and O–H groups in total. The predicted molar refractivity (Wildman–Crippen MR) is 56.5 cm³/mol. The van der Waals surface area contributed by atoms with Gasteiger partial charge in [0.2, 0.25) is 0 Å². The Morgan fingerprint density at radius 3 is 1.57 bits per heavy atom. The first-order valence-electron chi connectivity index (χ1n) is 3.98. The number of benzene rings is 1. The Kier molecular flexibility index (Phi) is 4.11. The predicted octanol–water partition coefficient (Wildman–Crippen LogP) is 2.53. The number of Topliss-reactive ketones (excluding diaryl/α,β-unsaturated/α-hetero) is 2. The largest absolute Gasteiger partial charge is 0.293 e. The molecule has 0 radical (unpaired) electrons. The summed E-state index contributed by atoms with van der Waals surface area (Å²) in [6.45, 7) is 0. The fraction of sp³-hybridized carbons (Fsp3) is 0.200. The number of carbonyl (C=O) groups is 2. The van der Waals surface area contributed by atoms with Gasteiger partial charge in [-0.1, -0.05) is 24.3 Å². The molecular formula is C10H8Cl2O2. The Labute approximate surface area is 91.8 Å². The number of hydrogen-bond acceptors (Lipinski definition) is 2. The summed E-state index contributed by atoms with van der Waals surface area (Å²) in [5.74, 6) is -0.791. The Morgan fingerprint density at radius 2 is 1.29 bits per heavy atom. The molecule has 14 heavy (non-hydrogen) atoms. The van der Waals surface area contributed by atoms with E-state index in [-0.39, 0.29) is 23.3 Å². The van der Waals surface area contributed by atoms with E-state index < -0.39 is 0 Å². The third kappa shape index (κ3) is 2.34. The summed E-state index contributed by atoms with van der Waals surface area (Å²) >= 11 is 10.8. The number of alkyl halides is 2. The molecule has 74 valence electrons. The molecule has 0 bridgehead atoms. The number of carbonyl (C=O) groups excluding carboxylic acids is 2. The summed E-state index contributed by atoms with van der Waals surface area (Å²) < 4.78 is 0. The second-order valence-electron chi connectivity index (χ2n) is 2.66. The third-order valence-corrected chi connectivity index (χ3v) is 2.26. The number of hydrogen-bond donors (Lipinski definition) is 0. The van der Waals surface area contributed by atoms with Crippen molar-refractivity contribution in [1.82, 2.24) is 0 Å². The lowest BCUT2D eigenvalue weighted by molar-refractivity contribution is 0.0984. The van der Waals surface area contributed by atoms with E-state index in [2.05, 4.69) is 0 Å². The minimum absolute atomic E-state index is 0.132. The van der Waals surface area contributed by atoms with Gasteiger partial charge in [-0.3, -0.25) is 9.59 Å². The van der Waals surface area contributed by atoms with Gasteiger partial charge in [0.15, 0.2) is 11.6 Å². The molecule has 1 aromatic carbocycles. The van der Waals surface area contributed by atoms with Gasteiger partial charge in [0.25, 0.3) is 0 Å². The zero-order valence-corrected chi connectivity index (χ0v) is 8.81. The van der Waals surface area contributed by atoms with Crippen molar-refractivity contribution < 1.29 is 9.59 Å². The molecule has 0 unspecified atom stereocenters. The summed E-state index contributed by atoms with van der Waals surface area (Å²) in [6.07, 6.45) is 0. The van der Waals surface area contributed by atoms with Crippen LogP contribution in [-0.4, -0.2) is 23.3 Å². The van der Waals surface area contributed by atoms with Crippen LogP contribution in [-0.2, 0) is 0 Å². The first-order valence-corrected chi connectivity index (χ1v) is 5.05. The highest BCUT2D eigenvalue weighted by Gasteiger charge is 2.14. The van der Waals surface area contributed by atoms with Crippen LogP contribution in [0.5, 0.6) is 0 Å². The van der Waals surface area contributed by atoms with Gasteiger partial charge in [-0.15, -0.1) is 23.2 Å². The Morgan fingerprint density at radius 1 is 0.929 bits per heavy atom. The maximum atomic E-state index is 11.3. The highest BCUT2D eigenvalue weighted by molar-refractivity contribution is 6.34. The standard InChI is InChI=1S/C10H8Cl2O2/c11-5-9(13)7-3-1-2-4-8(7)10(14)6-12/h1-4H,5-6H2. The molecule has 0 spiro atoms. The fourth-order valence-electron chi connectivity index (χ4n) is 1.11. The zero-order valence-electron chi connectivity index (χ0n) is 7.30. The average molecular weight is 231 g/mol. The lowest BCUT2D eigenvalue weighted by Gasteiger charge is -2.03. The average Bonchev–Trinajstić information content (AvgIpc) is 2.27. The molecule has 0 saturated heterocycles. The zero-order chi connectivity index (χ0) is 10.6. The first kappa shape index (κ1) is 11.2. The van der Waals surface area contributed by atoms with Gasteiger partial charge in [0.05, 0.1) is 11.8 Å².